The average Bonchev–Trinajstić information content (AvgIpc) is 2.55. The van der Waals surface area contributed by atoms with Gasteiger partial charge in [0.15, 0.2) is 12.2 Å². The van der Waals surface area contributed by atoms with Crippen LogP contribution >= 0.6 is 22.5 Å². The van der Waals surface area contributed by atoms with Crippen molar-refractivity contribution < 1.29 is 9.68 Å². The van der Waals surface area contributed by atoms with Crippen molar-refractivity contribution in [2.45, 2.75) is 6.92 Å². The van der Waals surface area contributed by atoms with Crippen LogP contribution in [0, 0.1) is 0 Å². The molecular weight excluding hydrogens is 312 g/mol. The third-order valence-electron chi connectivity index (χ3n) is 3.34. The van der Waals surface area contributed by atoms with Crippen molar-refractivity contribution in [3.63, 3.8) is 0 Å². The highest BCUT2D eigenvalue weighted by Gasteiger charge is 2.04. The summed E-state index contributed by atoms with van der Waals surface area (Å²) in [7, 11) is 3.64. The number of hydrogen-bond donors (Lipinski definition) is 2. The van der Waals surface area contributed by atoms with Crippen molar-refractivity contribution in [2.75, 3.05) is 37.4 Å². The molecule has 120 valence electrons. The number of allylic oxidation sites excluding steroid dienone is 1. The minimum Gasteiger partial charge on any atom is -0.390 e. The van der Waals surface area contributed by atoms with Crippen molar-refractivity contribution in [3.05, 3.63) is 48.2 Å². The Labute approximate surface area is 142 Å². The van der Waals surface area contributed by atoms with Gasteiger partial charge in [-0.3, -0.25) is 0 Å². The van der Waals surface area contributed by atoms with Gasteiger partial charge < -0.3 is 10.0 Å². The quantitative estimate of drug-likeness (QED) is 0.238. The number of anilines is 1. The lowest BCUT2D eigenvalue weighted by Gasteiger charge is -2.18. The molecule has 1 aromatic carbocycles. The average molecular weight is 338 g/mol. The van der Waals surface area contributed by atoms with Gasteiger partial charge in [-0.05, 0) is 30.4 Å². The van der Waals surface area contributed by atoms with E-state index in [4.69, 9.17) is 5.11 Å². The van der Waals surface area contributed by atoms with Crippen molar-refractivity contribution in [1.82, 2.24) is 0 Å². The number of aliphatic hydroxyl groups excluding tert-OH is 1. The molecule has 1 rings (SSSR count). The van der Waals surface area contributed by atoms with E-state index < -0.39 is 0 Å². The molecule has 1 aromatic rings. The first-order valence-electron chi connectivity index (χ1n) is 7.24. The highest BCUT2D eigenvalue weighted by molar-refractivity contribution is 8.68. The molecule has 0 fully saturated rings. The fraction of sp³-hybridized carbons (Fsp3) is 0.353. The molecule has 0 saturated heterocycles. The van der Waals surface area contributed by atoms with Gasteiger partial charge in [-0.25, -0.2) is 4.58 Å². The smallest absolute Gasteiger partial charge is 0.197 e. The number of aliphatic hydroxyl groups is 1. The predicted molar refractivity (Wildman–Crippen MR) is 103 cm³/mol. The lowest BCUT2D eigenvalue weighted by Crippen LogP contribution is -2.19. The molecule has 0 spiro atoms. The van der Waals surface area contributed by atoms with Crippen LogP contribution in [0.4, 0.5) is 5.69 Å². The summed E-state index contributed by atoms with van der Waals surface area (Å²) in [5.41, 5.74) is 3.19. The topological polar surface area (TPSA) is 26.5 Å². The van der Waals surface area contributed by atoms with Crippen LogP contribution in [-0.4, -0.2) is 48.4 Å². The van der Waals surface area contributed by atoms with Crippen LogP contribution in [0.3, 0.4) is 0 Å². The molecule has 0 heterocycles. The first kappa shape index (κ1) is 18.9. The zero-order valence-corrected chi connectivity index (χ0v) is 15.0. The maximum Gasteiger partial charge on any atom is 0.197 e. The Morgan fingerprint density at radius 1 is 1.41 bits per heavy atom. The summed E-state index contributed by atoms with van der Waals surface area (Å²) in [5, 5.41) is 9.01. The van der Waals surface area contributed by atoms with Gasteiger partial charge in [0.1, 0.15) is 12.8 Å². The van der Waals surface area contributed by atoms with E-state index in [1.807, 2.05) is 29.9 Å². The van der Waals surface area contributed by atoms with E-state index in [1.54, 1.807) is 10.8 Å². The molecule has 0 unspecified atom stereocenters. The molecule has 3 nitrogen and oxygen atoms in total. The molecule has 0 atom stereocenters. The van der Waals surface area contributed by atoms with E-state index in [1.165, 1.54) is 5.69 Å². The van der Waals surface area contributed by atoms with E-state index in [-0.39, 0.29) is 6.61 Å². The Hall–Kier alpha value is -1.17. The summed E-state index contributed by atoms with van der Waals surface area (Å²) in [4.78, 5) is 2.21. The standard InChI is InChI=1S/C17H24N2OS2/c1-4-19(11-13-20)15(2)5-6-16-7-9-17(10-8-16)18(3)12-14-22-21/h4-10,20H,2,11-14H2,1,3H3/p+1/b6-5+,19-4?. The summed E-state index contributed by atoms with van der Waals surface area (Å²) in [6.07, 6.45) is 5.91. The maximum atomic E-state index is 9.01. The second kappa shape index (κ2) is 10.5. The second-order valence-electron chi connectivity index (χ2n) is 4.85. The van der Waals surface area contributed by atoms with Crippen molar-refractivity contribution >= 4 is 40.4 Å². The van der Waals surface area contributed by atoms with Crippen LogP contribution in [0.15, 0.2) is 42.6 Å². The van der Waals surface area contributed by atoms with Crippen LogP contribution < -0.4 is 4.90 Å². The molecule has 5 heteroatoms. The zero-order chi connectivity index (χ0) is 16.4. The van der Waals surface area contributed by atoms with Gasteiger partial charge >= 0.3 is 0 Å². The minimum absolute atomic E-state index is 0.114. The van der Waals surface area contributed by atoms with Gasteiger partial charge in [-0.15, -0.1) is 11.7 Å². The third kappa shape index (κ3) is 6.30. The van der Waals surface area contributed by atoms with E-state index in [9.17, 15) is 0 Å². The Kier molecular flexibility index (Phi) is 9.04. The number of benzene rings is 1. The molecule has 0 aliphatic carbocycles. The molecular formula is C17H25N2OS2+. The molecule has 0 amide bonds. The number of thiol groups is 1. The summed E-state index contributed by atoms with van der Waals surface area (Å²) in [6, 6.07) is 8.41. The van der Waals surface area contributed by atoms with E-state index in [0.29, 0.717) is 6.54 Å². The van der Waals surface area contributed by atoms with Crippen LogP contribution in [-0.2, 0) is 0 Å². The number of nitrogens with zero attached hydrogens (tertiary/aromatic N) is 2. The predicted octanol–water partition coefficient (Wildman–Crippen LogP) is 3.32. The van der Waals surface area contributed by atoms with Crippen LogP contribution in [0.5, 0.6) is 0 Å². The first-order chi connectivity index (χ1) is 10.6. The normalized spacial score (nSPS) is 11.9. The fourth-order valence-corrected chi connectivity index (χ4v) is 2.58. The number of rotatable bonds is 9. The molecule has 0 aliphatic rings. The summed E-state index contributed by atoms with van der Waals surface area (Å²) in [6.45, 7) is 7.60. The van der Waals surface area contributed by atoms with Gasteiger partial charge in [0.25, 0.3) is 0 Å². The highest BCUT2D eigenvalue weighted by atomic mass is 33.1. The SMILES string of the molecule is C=C(/C=C/c1ccc(N(C)CCSS)cc1)[N+](=CC)CCO. The molecule has 0 bridgehead atoms. The lowest BCUT2D eigenvalue weighted by molar-refractivity contribution is -0.469. The van der Waals surface area contributed by atoms with Crippen molar-refractivity contribution in [3.8, 4) is 0 Å². The Morgan fingerprint density at radius 3 is 2.64 bits per heavy atom. The summed E-state index contributed by atoms with van der Waals surface area (Å²) in [5.74, 6) is 0.995. The maximum absolute atomic E-state index is 9.01. The monoisotopic (exact) mass is 337 g/mol. The van der Waals surface area contributed by atoms with Gasteiger partial charge in [-0.1, -0.05) is 22.9 Å². The summed E-state index contributed by atoms with van der Waals surface area (Å²) < 4.78 is 1.92. The molecule has 0 aromatic heterocycles. The molecule has 0 saturated carbocycles. The number of hydrogen-bond acceptors (Lipinski definition) is 4. The van der Waals surface area contributed by atoms with Crippen LogP contribution in [0.25, 0.3) is 6.08 Å². The highest BCUT2D eigenvalue weighted by Crippen LogP contribution is 2.16. The van der Waals surface area contributed by atoms with Gasteiger partial charge in [0.2, 0.25) is 0 Å². The zero-order valence-electron chi connectivity index (χ0n) is 13.3. The fourth-order valence-electron chi connectivity index (χ4n) is 1.98. The van der Waals surface area contributed by atoms with Gasteiger partial charge in [-0.2, -0.15) is 0 Å². The van der Waals surface area contributed by atoms with Crippen LogP contribution in [0.1, 0.15) is 12.5 Å². The third-order valence-corrected chi connectivity index (χ3v) is 4.25. The largest absolute Gasteiger partial charge is 0.390 e. The first-order valence-corrected chi connectivity index (χ1v) is 9.27. The van der Waals surface area contributed by atoms with Gasteiger partial charge in [0.05, 0.1) is 0 Å². The summed E-state index contributed by atoms with van der Waals surface area (Å²) >= 11 is 4.16. The molecule has 1 N–H and O–H groups in total. The lowest BCUT2D eigenvalue weighted by atomic mass is 10.1. The Balaban J connectivity index is 2.67. The van der Waals surface area contributed by atoms with Gasteiger partial charge in [0, 0.05) is 38.0 Å². The van der Waals surface area contributed by atoms with E-state index in [0.717, 1.165) is 23.6 Å². The molecule has 0 aliphatic heterocycles. The van der Waals surface area contributed by atoms with E-state index >= 15 is 0 Å². The van der Waals surface area contributed by atoms with Crippen molar-refractivity contribution in [2.24, 2.45) is 0 Å². The Bertz CT molecular complexity index is 524. The molecule has 0 radical (unpaired) electrons. The second-order valence-corrected chi connectivity index (χ2v) is 6.29. The van der Waals surface area contributed by atoms with E-state index in [2.05, 4.69) is 54.5 Å². The van der Waals surface area contributed by atoms with Crippen molar-refractivity contribution in [1.29, 1.82) is 0 Å². The molecule has 22 heavy (non-hydrogen) atoms. The minimum atomic E-state index is 0.114. The van der Waals surface area contributed by atoms with Crippen LogP contribution in [0.2, 0.25) is 0 Å². The Morgan fingerprint density at radius 2 is 2.09 bits per heavy atom.